The lowest BCUT2D eigenvalue weighted by molar-refractivity contribution is 0.0575. The third-order valence-electron chi connectivity index (χ3n) is 8.08. The molecule has 4 rings (SSSR count). The third-order valence-corrected chi connectivity index (χ3v) is 12.8. The van der Waals surface area contributed by atoms with Crippen LogP contribution in [0.25, 0.3) is 11.3 Å². The second-order valence-electron chi connectivity index (χ2n) is 13.9. The van der Waals surface area contributed by atoms with E-state index >= 15 is 0 Å². The highest BCUT2D eigenvalue weighted by atomic mass is 35.5. The molecule has 0 saturated carbocycles. The molecule has 43 heavy (non-hydrogen) atoms. The second-order valence-corrected chi connectivity index (χ2v) is 19.1. The van der Waals surface area contributed by atoms with E-state index < -0.39 is 25.4 Å². The summed E-state index contributed by atoms with van der Waals surface area (Å²) >= 11 is 6.15. The molecule has 0 bridgehead atoms. The van der Waals surface area contributed by atoms with Crippen molar-refractivity contribution >= 4 is 43.3 Å². The number of benzene rings is 1. The largest absolute Gasteiger partial charge is 0.443 e. The van der Waals surface area contributed by atoms with Crippen LogP contribution in [0.15, 0.2) is 36.7 Å². The molecule has 1 atom stereocenters. The van der Waals surface area contributed by atoms with Gasteiger partial charge in [0.2, 0.25) is 5.95 Å². The number of anilines is 3. The number of rotatable bonds is 6. The lowest BCUT2D eigenvalue weighted by Crippen LogP contribution is -2.46. The van der Waals surface area contributed by atoms with Gasteiger partial charge in [0, 0.05) is 36.5 Å². The van der Waals surface area contributed by atoms with E-state index in [4.69, 9.17) is 25.7 Å². The average Bonchev–Trinajstić information content (AvgIpc) is 3.21. The fraction of sp³-hybridized carbons (Fsp3) is 0.469. The van der Waals surface area contributed by atoms with E-state index in [1.807, 2.05) is 33.8 Å². The Hall–Kier alpha value is -3.52. The molecule has 9 nitrogen and oxygen atoms in total. The van der Waals surface area contributed by atoms with Crippen LogP contribution in [0.4, 0.5) is 22.1 Å². The summed E-state index contributed by atoms with van der Waals surface area (Å²) in [6.45, 7) is 21.2. The van der Waals surface area contributed by atoms with Crippen molar-refractivity contribution in [2.45, 2.75) is 84.5 Å². The second kappa shape index (κ2) is 11.5. The summed E-state index contributed by atoms with van der Waals surface area (Å²) in [7, 11) is -2.12. The van der Waals surface area contributed by atoms with Crippen LogP contribution in [0.3, 0.4) is 0 Å². The standard InChI is InChI=1S/C32H41ClN6O3Si/c1-20-26(15-23(33)17-36-20)38-28-35-12-11-25(37-28)21-13-22(16-34)27-24(14-21)32(8,19-41-43(9,10)31(5,6)7)18-39(27)29(40)42-30(2,3)4/h11-15,17H,18-19H2,1-10H3,(H,35,37,38). The molecule has 1 N–H and O–H groups in total. The molecule has 1 unspecified atom stereocenters. The SMILES string of the molecule is Cc1ncc(Cl)cc1Nc1nccc(-c2cc(C#N)c3c(c2)C(C)(CO[Si](C)(C)C(C)(C)C)CN3C(=O)OC(C)(C)C)n1. The Balaban J connectivity index is 1.80. The van der Waals surface area contributed by atoms with Crippen molar-refractivity contribution in [3.63, 3.8) is 0 Å². The molecule has 1 aliphatic heterocycles. The van der Waals surface area contributed by atoms with Crippen molar-refractivity contribution in [1.29, 1.82) is 5.26 Å². The number of nitriles is 1. The van der Waals surface area contributed by atoms with Crippen LogP contribution >= 0.6 is 11.6 Å². The van der Waals surface area contributed by atoms with Gasteiger partial charge in [-0.15, -0.1) is 0 Å². The number of fused-ring (bicyclic) bond motifs is 1. The molecule has 3 heterocycles. The highest BCUT2D eigenvalue weighted by Crippen LogP contribution is 2.47. The number of pyridine rings is 1. The summed E-state index contributed by atoms with van der Waals surface area (Å²) in [6.07, 6.45) is 2.75. The fourth-order valence-corrected chi connectivity index (χ4v) is 5.89. The van der Waals surface area contributed by atoms with Crippen molar-refractivity contribution in [2.75, 3.05) is 23.4 Å². The minimum absolute atomic E-state index is 0.0104. The monoisotopic (exact) mass is 620 g/mol. The molecule has 1 aliphatic rings. The maximum absolute atomic E-state index is 13.5. The number of ether oxygens (including phenoxy) is 1. The molecule has 0 fully saturated rings. The van der Waals surface area contributed by atoms with E-state index in [2.05, 4.69) is 62.1 Å². The number of hydrogen-bond donors (Lipinski definition) is 1. The Bertz CT molecular complexity index is 1590. The van der Waals surface area contributed by atoms with Crippen LogP contribution in [-0.4, -0.2) is 48.1 Å². The van der Waals surface area contributed by atoms with Gasteiger partial charge in [-0.2, -0.15) is 5.26 Å². The minimum Gasteiger partial charge on any atom is -0.443 e. The zero-order chi connectivity index (χ0) is 32.0. The van der Waals surface area contributed by atoms with Crippen molar-refractivity contribution in [2.24, 2.45) is 0 Å². The quantitative estimate of drug-likeness (QED) is 0.275. The lowest BCUT2D eigenvalue weighted by Gasteiger charge is -2.39. The van der Waals surface area contributed by atoms with E-state index in [9.17, 15) is 10.1 Å². The van der Waals surface area contributed by atoms with Gasteiger partial charge in [0.05, 0.1) is 33.3 Å². The van der Waals surface area contributed by atoms with Gasteiger partial charge in [-0.3, -0.25) is 9.88 Å². The van der Waals surface area contributed by atoms with Gasteiger partial charge in [0.1, 0.15) is 11.7 Å². The summed E-state index contributed by atoms with van der Waals surface area (Å²) < 4.78 is 12.5. The molecule has 2 aromatic heterocycles. The van der Waals surface area contributed by atoms with Crippen LogP contribution in [0.1, 0.15) is 65.3 Å². The number of carbonyl (C=O) groups excluding carboxylic acids is 1. The highest BCUT2D eigenvalue weighted by Gasteiger charge is 2.47. The number of amides is 1. The maximum Gasteiger partial charge on any atom is 0.414 e. The van der Waals surface area contributed by atoms with Crippen molar-refractivity contribution in [3.8, 4) is 17.3 Å². The first-order chi connectivity index (χ1) is 19.8. The number of hydrogen-bond acceptors (Lipinski definition) is 8. The van der Waals surface area contributed by atoms with E-state index in [1.54, 1.807) is 35.5 Å². The van der Waals surface area contributed by atoms with Crippen molar-refractivity contribution < 1.29 is 14.0 Å². The van der Waals surface area contributed by atoms with Gasteiger partial charge >= 0.3 is 6.09 Å². The summed E-state index contributed by atoms with van der Waals surface area (Å²) in [5.41, 5.74) is 3.26. The average molecular weight is 621 g/mol. The smallest absolute Gasteiger partial charge is 0.414 e. The van der Waals surface area contributed by atoms with Crippen LogP contribution < -0.4 is 10.2 Å². The zero-order valence-electron chi connectivity index (χ0n) is 26.7. The molecule has 1 amide bonds. The minimum atomic E-state index is -2.12. The molecule has 11 heteroatoms. The van der Waals surface area contributed by atoms with Gasteiger partial charge in [0.15, 0.2) is 8.32 Å². The Labute approximate surface area is 260 Å². The summed E-state index contributed by atoms with van der Waals surface area (Å²) in [5, 5.41) is 14.0. The van der Waals surface area contributed by atoms with Gasteiger partial charge in [-0.05, 0) is 75.7 Å². The summed E-state index contributed by atoms with van der Waals surface area (Å²) in [4.78, 5) is 28.5. The fourth-order valence-electron chi connectivity index (χ4n) is 4.62. The first kappa shape index (κ1) is 32.4. The molecule has 0 saturated heterocycles. The third kappa shape index (κ3) is 7.01. The molecule has 228 valence electrons. The van der Waals surface area contributed by atoms with E-state index in [1.165, 1.54) is 0 Å². The predicted octanol–water partition coefficient (Wildman–Crippen LogP) is 8.15. The number of halogens is 1. The Morgan fingerprint density at radius 3 is 2.51 bits per heavy atom. The highest BCUT2D eigenvalue weighted by molar-refractivity contribution is 6.74. The Kier molecular flexibility index (Phi) is 8.68. The number of aromatic nitrogens is 3. The number of nitrogens with one attached hydrogen (secondary N) is 1. The van der Waals surface area contributed by atoms with Gasteiger partial charge in [-0.1, -0.05) is 39.3 Å². The predicted molar refractivity (Wildman–Crippen MR) is 174 cm³/mol. The number of carbonyl (C=O) groups is 1. The summed E-state index contributed by atoms with van der Waals surface area (Å²) in [5.74, 6) is 0.364. The van der Waals surface area contributed by atoms with Gasteiger partial charge in [-0.25, -0.2) is 14.8 Å². The number of nitrogens with zero attached hydrogens (tertiary/aromatic N) is 5. The number of aryl methyl sites for hydroxylation is 1. The molecule has 0 spiro atoms. The van der Waals surface area contributed by atoms with Crippen molar-refractivity contribution in [3.05, 3.63) is 58.5 Å². The molecule has 1 aromatic carbocycles. The van der Waals surface area contributed by atoms with Crippen LogP contribution in [0, 0.1) is 18.3 Å². The Morgan fingerprint density at radius 1 is 1.19 bits per heavy atom. The molecular weight excluding hydrogens is 580 g/mol. The molecular formula is C32H41ClN6O3Si. The first-order valence-electron chi connectivity index (χ1n) is 14.3. The van der Waals surface area contributed by atoms with E-state index in [0.717, 1.165) is 16.8 Å². The van der Waals surface area contributed by atoms with Crippen LogP contribution in [0.5, 0.6) is 0 Å². The molecule has 0 radical (unpaired) electrons. The van der Waals surface area contributed by atoms with Crippen LogP contribution in [0.2, 0.25) is 23.2 Å². The van der Waals surface area contributed by atoms with E-state index in [0.29, 0.717) is 46.8 Å². The Morgan fingerprint density at radius 2 is 1.88 bits per heavy atom. The van der Waals surface area contributed by atoms with Crippen molar-refractivity contribution in [1.82, 2.24) is 15.0 Å². The zero-order valence-corrected chi connectivity index (χ0v) is 28.5. The summed E-state index contributed by atoms with van der Waals surface area (Å²) in [6, 6.07) is 9.65. The van der Waals surface area contributed by atoms with Gasteiger partial charge in [0.25, 0.3) is 0 Å². The van der Waals surface area contributed by atoms with E-state index in [-0.39, 0.29) is 5.04 Å². The maximum atomic E-state index is 13.5. The molecule has 0 aliphatic carbocycles. The topological polar surface area (TPSA) is 113 Å². The van der Waals surface area contributed by atoms with Crippen LogP contribution in [-0.2, 0) is 14.6 Å². The molecule has 3 aromatic rings. The first-order valence-corrected chi connectivity index (χ1v) is 17.6. The normalized spacial score (nSPS) is 16.9. The lowest BCUT2D eigenvalue weighted by atomic mass is 9.83. The van der Waals surface area contributed by atoms with Gasteiger partial charge < -0.3 is 14.5 Å².